The fourth-order valence-corrected chi connectivity index (χ4v) is 2.26. The van der Waals surface area contributed by atoms with Crippen molar-refractivity contribution in [1.29, 1.82) is 0 Å². The summed E-state index contributed by atoms with van der Waals surface area (Å²) in [6, 6.07) is 1.86. The number of hydrazine groups is 1. The molecule has 0 aromatic carbocycles. The van der Waals surface area contributed by atoms with Gasteiger partial charge in [-0.1, -0.05) is 6.92 Å². The van der Waals surface area contributed by atoms with Gasteiger partial charge < -0.3 is 15.1 Å². The summed E-state index contributed by atoms with van der Waals surface area (Å²) in [5.41, 5.74) is 2.59. The van der Waals surface area contributed by atoms with Crippen LogP contribution in [0.3, 0.4) is 0 Å². The van der Waals surface area contributed by atoms with E-state index in [1.807, 2.05) is 20.0 Å². The van der Waals surface area contributed by atoms with Gasteiger partial charge in [0.05, 0.1) is 6.10 Å². The molecule has 0 spiro atoms. The van der Waals surface area contributed by atoms with Gasteiger partial charge in [0, 0.05) is 32.7 Å². The molecule has 1 aromatic heterocycles. The summed E-state index contributed by atoms with van der Waals surface area (Å²) in [6.07, 6.45) is 4.63. The molecule has 1 atom stereocenters. The van der Waals surface area contributed by atoms with Crippen molar-refractivity contribution in [2.45, 2.75) is 38.7 Å². The van der Waals surface area contributed by atoms with Gasteiger partial charge in [0.2, 0.25) is 0 Å². The van der Waals surface area contributed by atoms with Gasteiger partial charge >= 0.3 is 0 Å². The number of aryl methyl sites for hydroxylation is 1. The van der Waals surface area contributed by atoms with Crippen LogP contribution >= 0.6 is 0 Å². The number of nitrogen functional groups attached to an aromatic ring is 1. The Hall–Kier alpha value is -1.40. The lowest BCUT2D eigenvalue weighted by Crippen LogP contribution is -2.34. The molecule has 1 aromatic rings. The van der Waals surface area contributed by atoms with E-state index >= 15 is 0 Å². The number of nitrogens with two attached hydrogens (primary N) is 1. The molecule has 1 aliphatic heterocycles. The molecule has 1 fully saturated rings. The Morgan fingerprint density at radius 3 is 2.95 bits per heavy atom. The van der Waals surface area contributed by atoms with Crippen LogP contribution in [0.15, 0.2) is 6.07 Å². The molecule has 1 saturated heterocycles. The van der Waals surface area contributed by atoms with Gasteiger partial charge in [0.1, 0.15) is 17.5 Å². The number of hydrogen-bond donors (Lipinski definition) is 2. The zero-order valence-electron chi connectivity index (χ0n) is 11.7. The Kier molecular flexibility index (Phi) is 4.93. The maximum Gasteiger partial charge on any atom is 0.145 e. The molecular formula is C13H23N5O. The molecule has 1 unspecified atom stereocenters. The molecule has 0 radical (unpaired) electrons. The van der Waals surface area contributed by atoms with Crippen molar-refractivity contribution in [2.75, 3.05) is 30.5 Å². The largest absolute Gasteiger partial charge is 0.376 e. The van der Waals surface area contributed by atoms with Crippen molar-refractivity contribution >= 4 is 11.6 Å². The quantitative estimate of drug-likeness (QED) is 0.618. The van der Waals surface area contributed by atoms with E-state index < -0.39 is 0 Å². The highest BCUT2D eigenvalue weighted by atomic mass is 16.5. The smallest absolute Gasteiger partial charge is 0.145 e. The Morgan fingerprint density at radius 1 is 1.47 bits per heavy atom. The monoisotopic (exact) mass is 265 g/mol. The third-order valence-electron chi connectivity index (χ3n) is 3.37. The summed E-state index contributed by atoms with van der Waals surface area (Å²) >= 11 is 0. The van der Waals surface area contributed by atoms with Gasteiger partial charge in [-0.05, 0) is 19.3 Å². The Labute approximate surface area is 114 Å². The average Bonchev–Trinajstić information content (AvgIpc) is 2.47. The first-order chi connectivity index (χ1) is 9.22. The molecule has 0 saturated carbocycles. The topological polar surface area (TPSA) is 76.3 Å². The molecule has 0 aliphatic carbocycles. The predicted octanol–water partition coefficient (Wildman–Crippen LogP) is 1.33. The Balaban J connectivity index is 2.06. The minimum absolute atomic E-state index is 0.299. The minimum atomic E-state index is 0.299. The number of ether oxygens (including phenoxy) is 1. The lowest BCUT2D eigenvalue weighted by molar-refractivity contribution is 0.0215. The number of anilines is 2. The molecular weight excluding hydrogens is 242 g/mol. The lowest BCUT2D eigenvalue weighted by Gasteiger charge is -2.28. The number of rotatable bonds is 5. The zero-order valence-corrected chi connectivity index (χ0v) is 11.7. The second kappa shape index (κ2) is 6.68. The third-order valence-corrected chi connectivity index (χ3v) is 3.37. The van der Waals surface area contributed by atoms with Crippen LogP contribution < -0.4 is 16.2 Å². The molecule has 0 amide bonds. The Bertz CT molecular complexity index is 384. The van der Waals surface area contributed by atoms with E-state index in [2.05, 4.69) is 20.3 Å². The first kappa shape index (κ1) is 14.0. The van der Waals surface area contributed by atoms with Gasteiger partial charge in [-0.3, -0.25) is 0 Å². The van der Waals surface area contributed by atoms with Gasteiger partial charge in [-0.2, -0.15) is 0 Å². The van der Waals surface area contributed by atoms with Crippen LogP contribution in [0.5, 0.6) is 0 Å². The van der Waals surface area contributed by atoms with Crippen LogP contribution in [0.4, 0.5) is 11.6 Å². The van der Waals surface area contributed by atoms with E-state index in [9.17, 15) is 0 Å². The van der Waals surface area contributed by atoms with Gasteiger partial charge in [0.15, 0.2) is 0 Å². The van der Waals surface area contributed by atoms with Crippen molar-refractivity contribution < 1.29 is 4.74 Å². The van der Waals surface area contributed by atoms with Crippen molar-refractivity contribution in [1.82, 2.24) is 9.97 Å². The van der Waals surface area contributed by atoms with E-state index in [-0.39, 0.29) is 0 Å². The number of likely N-dealkylation sites (N-methyl/N-ethyl adjacent to an activating group) is 1. The van der Waals surface area contributed by atoms with Gasteiger partial charge in [-0.15, -0.1) is 0 Å². The van der Waals surface area contributed by atoms with Crippen molar-refractivity contribution in [2.24, 2.45) is 5.84 Å². The van der Waals surface area contributed by atoms with E-state index in [1.54, 1.807) is 0 Å². The zero-order chi connectivity index (χ0) is 13.7. The highest BCUT2D eigenvalue weighted by Gasteiger charge is 2.17. The maximum atomic E-state index is 5.76. The first-order valence-electron chi connectivity index (χ1n) is 6.90. The normalized spacial score (nSPS) is 19.2. The van der Waals surface area contributed by atoms with Crippen LogP contribution in [0.1, 0.15) is 32.0 Å². The molecule has 3 N–H and O–H groups in total. The van der Waals surface area contributed by atoms with E-state index in [1.165, 1.54) is 12.8 Å². The SMILES string of the molecule is CCc1nc(NN)cc(N(C)CC2CCCCO2)n1. The highest BCUT2D eigenvalue weighted by Crippen LogP contribution is 2.18. The van der Waals surface area contributed by atoms with Crippen molar-refractivity contribution in [3.05, 3.63) is 11.9 Å². The Morgan fingerprint density at radius 2 is 2.32 bits per heavy atom. The maximum absolute atomic E-state index is 5.76. The van der Waals surface area contributed by atoms with E-state index in [0.717, 1.165) is 37.6 Å². The fraction of sp³-hybridized carbons (Fsp3) is 0.692. The summed E-state index contributed by atoms with van der Waals surface area (Å²) in [7, 11) is 2.03. The van der Waals surface area contributed by atoms with Gasteiger partial charge in [0.25, 0.3) is 0 Å². The summed E-state index contributed by atoms with van der Waals surface area (Å²) in [5.74, 6) is 7.77. The molecule has 19 heavy (non-hydrogen) atoms. The average molecular weight is 265 g/mol. The second-order valence-corrected chi connectivity index (χ2v) is 4.89. The van der Waals surface area contributed by atoms with Crippen LogP contribution in [-0.4, -0.2) is 36.3 Å². The molecule has 0 bridgehead atoms. The molecule has 2 rings (SSSR count). The number of aromatic nitrogens is 2. The predicted molar refractivity (Wildman–Crippen MR) is 76.1 cm³/mol. The van der Waals surface area contributed by atoms with Crippen molar-refractivity contribution in [3.63, 3.8) is 0 Å². The van der Waals surface area contributed by atoms with Crippen LogP contribution in [0.25, 0.3) is 0 Å². The number of nitrogens with zero attached hydrogens (tertiary/aromatic N) is 3. The highest BCUT2D eigenvalue weighted by molar-refractivity contribution is 5.48. The van der Waals surface area contributed by atoms with Crippen LogP contribution in [0.2, 0.25) is 0 Å². The molecule has 2 heterocycles. The fourth-order valence-electron chi connectivity index (χ4n) is 2.26. The van der Waals surface area contributed by atoms with Gasteiger partial charge in [-0.25, -0.2) is 15.8 Å². The van der Waals surface area contributed by atoms with E-state index in [4.69, 9.17) is 10.6 Å². The van der Waals surface area contributed by atoms with Crippen molar-refractivity contribution in [3.8, 4) is 0 Å². The standard InChI is InChI=1S/C13H23N5O/c1-3-11-15-12(17-14)8-13(16-11)18(2)9-10-6-4-5-7-19-10/h8,10H,3-7,9,14H2,1-2H3,(H,15,16,17). The summed E-state index contributed by atoms with van der Waals surface area (Å²) in [5, 5.41) is 0. The summed E-state index contributed by atoms with van der Waals surface area (Å²) < 4.78 is 5.76. The second-order valence-electron chi connectivity index (χ2n) is 4.89. The van der Waals surface area contributed by atoms with E-state index in [0.29, 0.717) is 11.9 Å². The molecule has 6 nitrogen and oxygen atoms in total. The lowest BCUT2D eigenvalue weighted by atomic mass is 10.1. The number of nitrogens with one attached hydrogen (secondary N) is 1. The third kappa shape index (κ3) is 3.78. The number of hydrogen-bond acceptors (Lipinski definition) is 6. The summed E-state index contributed by atoms with van der Waals surface area (Å²) in [6.45, 7) is 3.76. The van der Waals surface area contributed by atoms with Crippen LogP contribution in [-0.2, 0) is 11.2 Å². The molecule has 1 aliphatic rings. The minimum Gasteiger partial charge on any atom is -0.376 e. The first-order valence-corrected chi connectivity index (χ1v) is 6.90. The molecule has 106 valence electrons. The van der Waals surface area contributed by atoms with Crippen LogP contribution in [0, 0.1) is 0 Å². The summed E-state index contributed by atoms with van der Waals surface area (Å²) in [4.78, 5) is 10.9. The molecule has 6 heteroatoms.